The highest BCUT2D eigenvalue weighted by atomic mass is 16.2. The molecule has 0 saturated heterocycles. The Hall–Kier alpha value is -3.42. The SMILES string of the molecule is Cc1cc(C)c(NC(=O)CN(C)Cc2ccc(-c3ccccc3C#N)cc2)c(C)c1. The number of anilines is 1. The molecule has 0 bridgehead atoms. The molecule has 4 nitrogen and oxygen atoms in total. The van der Waals surface area contributed by atoms with Crippen LogP contribution in [0.4, 0.5) is 5.69 Å². The second kappa shape index (κ2) is 9.39. The lowest BCUT2D eigenvalue weighted by Crippen LogP contribution is -2.30. The van der Waals surface area contributed by atoms with Crippen LogP contribution < -0.4 is 5.32 Å². The summed E-state index contributed by atoms with van der Waals surface area (Å²) < 4.78 is 0. The summed E-state index contributed by atoms with van der Waals surface area (Å²) in [5, 5.41) is 12.4. The molecule has 3 aromatic rings. The van der Waals surface area contributed by atoms with E-state index in [1.807, 2.05) is 74.3 Å². The predicted octanol–water partition coefficient (Wildman–Crippen LogP) is 5.22. The van der Waals surface area contributed by atoms with E-state index in [9.17, 15) is 10.1 Å². The number of aryl methyl sites for hydroxylation is 3. The smallest absolute Gasteiger partial charge is 0.238 e. The fraction of sp³-hybridized carbons (Fsp3) is 0.231. The van der Waals surface area contributed by atoms with Crippen molar-refractivity contribution in [3.05, 3.63) is 88.5 Å². The molecule has 0 unspecified atom stereocenters. The van der Waals surface area contributed by atoms with Gasteiger partial charge in [-0.25, -0.2) is 0 Å². The molecule has 0 radical (unpaired) electrons. The van der Waals surface area contributed by atoms with E-state index < -0.39 is 0 Å². The highest BCUT2D eigenvalue weighted by molar-refractivity contribution is 5.93. The van der Waals surface area contributed by atoms with Crippen LogP contribution in [0.25, 0.3) is 11.1 Å². The molecule has 152 valence electrons. The topological polar surface area (TPSA) is 56.1 Å². The van der Waals surface area contributed by atoms with E-state index in [1.165, 1.54) is 5.56 Å². The summed E-state index contributed by atoms with van der Waals surface area (Å²) in [5.41, 5.74) is 7.99. The quantitative estimate of drug-likeness (QED) is 0.620. The first-order chi connectivity index (χ1) is 14.4. The van der Waals surface area contributed by atoms with Gasteiger partial charge in [-0.3, -0.25) is 9.69 Å². The second-order valence-electron chi connectivity index (χ2n) is 7.85. The van der Waals surface area contributed by atoms with Gasteiger partial charge in [-0.15, -0.1) is 0 Å². The molecule has 0 aromatic heterocycles. The molecule has 4 heteroatoms. The van der Waals surface area contributed by atoms with Crippen molar-refractivity contribution in [1.82, 2.24) is 4.90 Å². The Morgan fingerprint density at radius 3 is 2.27 bits per heavy atom. The van der Waals surface area contributed by atoms with Gasteiger partial charge in [-0.05, 0) is 61.7 Å². The average molecular weight is 398 g/mol. The molecular formula is C26H27N3O. The first-order valence-corrected chi connectivity index (χ1v) is 10.0. The van der Waals surface area contributed by atoms with Crippen LogP contribution in [0.15, 0.2) is 60.7 Å². The van der Waals surface area contributed by atoms with Crippen LogP contribution in [-0.2, 0) is 11.3 Å². The average Bonchev–Trinajstić information content (AvgIpc) is 2.71. The van der Waals surface area contributed by atoms with Gasteiger partial charge in [0.1, 0.15) is 0 Å². The molecule has 0 atom stereocenters. The van der Waals surface area contributed by atoms with Gasteiger partial charge in [0.15, 0.2) is 0 Å². The van der Waals surface area contributed by atoms with Crippen LogP contribution in [0.3, 0.4) is 0 Å². The van der Waals surface area contributed by atoms with Crippen molar-refractivity contribution in [2.75, 3.05) is 18.9 Å². The zero-order valence-electron chi connectivity index (χ0n) is 18.0. The Labute approximate surface area is 178 Å². The van der Waals surface area contributed by atoms with Crippen molar-refractivity contribution in [2.24, 2.45) is 0 Å². The van der Waals surface area contributed by atoms with Crippen LogP contribution in [-0.4, -0.2) is 24.4 Å². The normalized spacial score (nSPS) is 10.7. The number of nitriles is 1. The minimum Gasteiger partial charge on any atom is -0.324 e. The van der Waals surface area contributed by atoms with E-state index in [0.29, 0.717) is 18.7 Å². The van der Waals surface area contributed by atoms with Crippen LogP contribution in [0.2, 0.25) is 0 Å². The molecule has 0 heterocycles. The summed E-state index contributed by atoms with van der Waals surface area (Å²) in [7, 11) is 1.94. The van der Waals surface area contributed by atoms with Gasteiger partial charge in [-0.2, -0.15) is 5.26 Å². The maximum absolute atomic E-state index is 12.5. The summed E-state index contributed by atoms with van der Waals surface area (Å²) in [5.74, 6) is -0.0212. The molecular weight excluding hydrogens is 370 g/mol. The van der Waals surface area contributed by atoms with Crippen LogP contribution in [0.1, 0.15) is 27.8 Å². The van der Waals surface area contributed by atoms with E-state index in [-0.39, 0.29) is 5.91 Å². The van der Waals surface area contributed by atoms with Crippen molar-refractivity contribution in [3.63, 3.8) is 0 Å². The maximum atomic E-state index is 12.5. The third-order valence-electron chi connectivity index (χ3n) is 5.12. The second-order valence-corrected chi connectivity index (χ2v) is 7.85. The third-order valence-corrected chi connectivity index (χ3v) is 5.12. The molecule has 1 N–H and O–H groups in total. The first kappa shape index (κ1) is 21.3. The number of carbonyl (C=O) groups excluding carboxylic acids is 1. The van der Waals surface area contributed by atoms with E-state index in [0.717, 1.165) is 33.5 Å². The Morgan fingerprint density at radius 2 is 1.63 bits per heavy atom. The molecule has 1 amide bonds. The van der Waals surface area contributed by atoms with Crippen LogP contribution in [0.5, 0.6) is 0 Å². The molecule has 0 saturated carbocycles. The number of carbonyl (C=O) groups is 1. The predicted molar refractivity (Wildman–Crippen MR) is 122 cm³/mol. The van der Waals surface area contributed by atoms with E-state index in [4.69, 9.17) is 0 Å². The summed E-state index contributed by atoms with van der Waals surface area (Å²) in [6, 6.07) is 22.1. The molecule has 3 rings (SSSR count). The Kier molecular flexibility index (Phi) is 6.66. The number of rotatable bonds is 6. The minimum atomic E-state index is -0.0212. The Morgan fingerprint density at radius 1 is 1.00 bits per heavy atom. The number of amides is 1. The molecule has 0 fully saturated rings. The first-order valence-electron chi connectivity index (χ1n) is 10.0. The Balaban J connectivity index is 1.62. The van der Waals surface area contributed by atoms with Crippen LogP contribution >= 0.6 is 0 Å². The number of nitrogens with one attached hydrogen (secondary N) is 1. The standard InChI is InChI=1S/C26H27N3O/c1-18-13-19(2)26(20(3)14-18)28-25(30)17-29(4)16-21-9-11-22(12-10-21)24-8-6-5-7-23(24)15-27/h5-14H,16-17H2,1-4H3,(H,28,30). The lowest BCUT2D eigenvalue weighted by Gasteiger charge is -2.18. The zero-order valence-corrected chi connectivity index (χ0v) is 18.0. The number of hydrogen-bond donors (Lipinski definition) is 1. The van der Waals surface area contributed by atoms with E-state index in [1.54, 1.807) is 0 Å². The largest absolute Gasteiger partial charge is 0.324 e. The number of nitrogens with zero attached hydrogens (tertiary/aromatic N) is 2. The maximum Gasteiger partial charge on any atom is 0.238 e. The lowest BCUT2D eigenvalue weighted by molar-refractivity contribution is -0.117. The van der Waals surface area contributed by atoms with Crippen molar-refractivity contribution < 1.29 is 4.79 Å². The third kappa shape index (κ3) is 5.14. The van der Waals surface area contributed by atoms with Gasteiger partial charge in [0.2, 0.25) is 5.91 Å². The highest BCUT2D eigenvalue weighted by Crippen LogP contribution is 2.24. The molecule has 30 heavy (non-hydrogen) atoms. The van der Waals surface area contributed by atoms with Crippen LogP contribution in [0, 0.1) is 32.1 Å². The van der Waals surface area contributed by atoms with Gasteiger partial charge in [0, 0.05) is 12.2 Å². The number of benzene rings is 3. The van der Waals surface area contributed by atoms with Gasteiger partial charge >= 0.3 is 0 Å². The Bertz CT molecular complexity index is 1070. The monoisotopic (exact) mass is 397 g/mol. The van der Waals surface area contributed by atoms with Crippen molar-refractivity contribution >= 4 is 11.6 Å². The molecule has 0 aliphatic heterocycles. The van der Waals surface area contributed by atoms with Crippen molar-refractivity contribution in [1.29, 1.82) is 5.26 Å². The molecule has 0 spiro atoms. The van der Waals surface area contributed by atoms with Gasteiger partial charge < -0.3 is 5.32 Å². The van der Waals surface area contributed by atoms with Crippen molar-refractivity contribution in [3.8, 4) is 17.2 Å². The molecule has 0 aliphatic carbocycles. The van der Waals surface area contributed by atoms with E-state index >= 15 is 0 Å². The summed E-state index contributed by atoms with van der Waals surface area (Å²) in [4.78, 5) is 14.5. The fourth-order valence-electron chi connectivity index (χ4n) is 3.79. The molecule has 3 aromatic carbocycles. The van der Waals surface area contributed by atoms with E-state index in [2.05, 4.69) is 30.4 Å². The highest BCUT2D eigenvalue weighted by Gasteiger charge is 2.11. The fourth-order valence-corrected chi connectivity index (χ4v) is 3.79. The van der Waals surface area contributed by atoms with Crippen molar-refractivity contribution in [2.45, 2.75) is 27.3 Å². The summed E-state index contributed by atoms with van der Waals surface area (Å²) in [6.07, 6.45) is 0. The van der Waals surface area contributed by atoms with Gasteiger partial charge in [-0.1, -0.05) is 60.2 Å². The summed E-state index contributed by atoms with van der Waals surface area (Å²) in [6.45, 7) is 7.07. The number of likely N-dealkylation sites (N-methyl/N-ethyl adjacent to an activating group) is 1. The summed E-state index contributed by atoms with van der Waals surface area (Å²) >= 11 is 0. The number of hydrogen-bond acceptors (Lipinski definition) is 3. The minimum absolute atomic E-state index is 0.0212. The zero-order chi connectivity index (χ0) is 21.7. The van der Waals surface area contributed by atoms with Gasteiger partial charge in [0.25, 0.3) is 0 Å². The molecule has 0 aliphatic rings. The van der Waals surface area contributed by atoms with Gasteiger partial charge in [0.05, 0.1) is 18.2 Å². The lowest BCUT2D eigenvalue weighted by atomic mass is 9.99.